The molecule has 2 aromatic rings. The normalized spacial score (nSPS) is 30.6. The van der Waals surface area contributed by atoms with Crippen LogP contribution in [-0.4, -0.2) is 90.0 Å². The van der Waals surface area contributed by atoms with Gasteiger partial charge in [0.05, 0.1) is 35.2 Å². The summed E-state index contributed by atoms with van der Waals surface area (Å²) in [5, 5.41) is 11.1. The number of ether oxygens (including phenoxy) is 2. The lowest BCUT2D eigenvalue weighted by Gasteiger charge is -2.39. The number of nitrogens with zero attached hydrogens (tertiary/aromatic N) is 4. The lowest BCUT2D eigenvalue weighted by atomic mass is 9.76. The molecule has 244 valence electrons. The maximum Gasteiger partial charge on any atom is 0.314 e. The van der Waals surface area contributed by atoms with Crippen molar-refractivity contribution in [3.05, 3.63) is 70.1 Å². The monoisotopic (exact) mass is 646 g/mol. The standard InChI is InChI=1S/C36H34F4N4O3/c1-3-24-26(38)7-6-20-13-23(45)14-25(28(20)24)29-31(39)27-19(2)12-22-17-46-11-5-10-44(22)34-30(27)33(32(29)40)41-35(42-34)47-18-36-8-4-9-43(36)16-21(37)15-36/h1,6-7,12-14,21-22,30,33,45H,4-5,8-11,15-18H2,2H3/t21-,22+,30?,33?,36+/m1/s1. The van der Waals surface area contributed by atoms with Gasteiger partial charge in [0, 0.05) is 42.6 Å². The van der Waals surface area contributed by atoms with Gasteiger partial charge in [-0.3, -0.25) is 4.90 Å². The molecule has 2 aromatic carbocycles. The highest BCUT2D eigenvalue weighted by Gasteiger charge is 2.51. The number of aliphatic imine (C=N–C) groups is 2. The number of amidine groups is 2. The molecule has 1 aliphatic carbocycles. The van der Waals surface area contributed by atoms with Crippen molar-refractivity contribution in [3.63, 3.8) is 0 Å². The first kappa shape index (κ1) is 30.2. The van der Waals surface area contributed by atoms with Crippen LogP contribution < -0.4 is 0 Å². The molecular weight excluding hydrogens is 612 g/mol. The maximum atomic E-state index is 17.2. The van der Waals surface area contributed by atoms with Gasteiger partial charge in [0.1, 0.15) is 47.9 Å². The lowest BCUT2D eigenvalue weighted by molar-refractivity contribution is 0.104. The molecule has 0 aromatic heterocycles. The van der Waals surface area contributed by atoms with E-state index < -0.39 is 46.7 Å². The van der Waals surface area contributed by atoms with Crippen molar-refractivity contribution in [2.24, 2.45) is 15.9 Å². The molecule has 5 aliphatic heterocycles. The Kier molecular flexibility index (Phi) is 7.22. The summed E-state index contributed by atoms with van der Waals surface area (Å²) < 4.78 is 76.0. The number of hydrogen-bond acceptors (Lipinski definition) is 7. The highest BCUT2D eigenvalue weighted by Crippen LogP contribution is 2.50. The van der Waals surface area contributed by atoms with Crippen molar-refractivity contribution in [2.45, 2.75) is 56.4 Å². The molecule has 0 amide bonds. The Labute approximate surface area is 269 Å². The second-order valence-electron chi connectivity index (χ2n) is 13.3. The Morgan fingerprint density at radius 3 is 2.87 bits per heavy atom. The number of allylic oxidation sites excluding steroid dienone is 3. The molecule has 3 fully saturated rings. The van der Waals surface area contributed by atoms with E-state index in [4.69, 9.17) is 20.9 Å². The first-order valence-corrected chi connectivity index (χ1v) is 16.1. The number of aromatic hydroxyl groups is 1. The topological polar surface area (TPSA) is 69.9 Å². The maximum absolute atomic E-state index is 17.2. The zero-order valence-corrected chi connectivity index (χ0v) is 25.9. The third-order valence-corrected chi connectivity index (χ3v) is 10.6. The number of halogens is 4. The second-order valence-corrected chi connectivity index (χ2v) is 13.3. The van der Waals surface area contributed by atoms with Crippen LogP contribution in [0.5, 0.6) is 5.75 Å². The first-order valence-electron chi connectivity index (χ1n) is 16.1. The van der Waals surface area contributed by atoms with Gasteiger partial charge >= 0.3 is 6.02 Å². The van der Waals surface area contributed by atoms with Gasteiger partial charge in [0.15, 0.2) is 0 Å². The zero-order chi connectivity index (χ0) is 32.6. The van der Waals surface area contributed by atoms with Crippen molar-refractivity contribution < 1.29 is 32.1 Å². The van der Waals surface area contributed by atoms with Crippen molar-refractivity contribution >= 4 is 28.2 Å². The van der Waals surface area contributed by atoms with Crippen molar-refractivity contribution in [3.8, 4) is 18.1 Å². The van der Waals surface area contributed by atoms with Crippen LogP contribution in [0.4, 0.5) is 17.6 Å². The molecule has 7 nitrogen and oxygen atoms in total. The van der Waals surface area contributed by atoms with Crippen LogP contribution >= 0.6 is 0 Å². The van der Waals surface area contributed by atoms with Crippen LogP contribution in [0.1, 0.15) is 43.7 Å². The first-order chi connectivity index (χ1) is 22.7. The van der Waals surface area contributed by atoms with E-state index in [0.29, 0.717) is 55.9 Å². The minimum absolute atomic E-state index is 0.0551. The fourth-order valence-corrected chi connectivity index (χ4v) is 8.53. The summed E-state index contributed by atoms with van der Waals surface area (Å²) in [5.74, 6) is -0.919. The predicted molar refractivity (Wildman–Crippen MR) is 171 cm³/mol. The highest BCUT2D eigenvalue weighted by atomic mass is 19.1. The summed E-state index contributed by atoms with van der Waals surface area (Å²) in [5.41, 5.74) is -0.414. The van der Waals surface area contributed by atoms with Gasteiger partial charge in [0.2, 0.25) is 0 Å². The molecule has 2 unspecified atom stereocenters. The fourth-order valence-electron chi connectivity index (χ4n) is 8.53. The summed E-state index contributed by atoms with van der Waals surface area (Å²) in [7, 11) is 0. The summed E-state index contributed by atoms with van der Waals surface area (Å²) in [6.07, 6.45) is 9.37. The van der Waals surface area contributed by atoms with Crippen LogP contribution in [0.2, 0.25) is 0 Å². The Balaban J connectivity index is 1.32. The van der Waals surface area contributed by atoms with E-state index in [0.717, 1.165) is 25.5 Å². The van der Waals surface area contributed by atoms with Gasteiger partial charge in [0.25, 0.3) is 0 Å². The Morgan fingerprint density at radius 1 is 1.19 bits per heavy atom. The average Bonchev–Trinajstić information content (AvgIpc) is 3.41. The molecule has 0 spiro atoms. The van der Waals surface area contributed by atoms with Gasteiger partial charge in [-0.25, -0.2) is 22.6 Å². The summed E-state index contributed by atoms with van der Waals surface area (Å²) in [6.45, 7) is 4.45. The molecule has 0 saturated carbocycles. The number of hydrogen-bond donors (Lipinski definition) is 1. The zero-order valence-electron chi connectivity index (χ0n) is 25.9. The van der Waals surface area contributed by atoms with E-state index in [9.17, 15) is 9.50 Å². The molecule has 0 radical (unpaired) electrons. The molecule has 5 atom stereocenters. The average molecular weight is 647 g/mol. The highest BCUT2D eigenvalue weighted by molar-refractivity contribution is 6.06. The number of alkyl halides is 1. The van der Waals surface area contributed by atoms with E-state index in [-0.39, 0.29) is 46.5 Å². The van der Waals surface area contributed by atoms with Crippen LogP contribution in [0.15, 0.2) is 63.1 Å². The Morgan fingerprint density at radius 2 is 2.04 bits per heavy atom. The van der Waals surface area contributed by atoms with Gasteiger partial charge in [-0.15, -0.1) is 6.42 Å². The molecule has 11 heteroatoms. The minimum Gasteiger partial charge on any atom is -0.508 e. The summed E-state index contributed by atoms with van der Waals surface area (Å²) in [6, 6.07) is 3.52. The number of phenolic OH excluding ortho intramolecular Hbond substituents is 1. The van der Waals surface area contributed by atoms with Gasteiger partial charge in [-0.2, -0.15) is 4.99 Å². The van der Waals surface area contributed by atoms with E-state index in [2.05, 4.69) is 15.8 Å². The largest absolute Gasteiger partial charge is 0.508 e. The summed E-state index contributed by atoms with van der Waals surface area (Å²) in [4.78, 5) is 13.6. The van der Waals surface area contributed by atoms with Gasteiger partial charge in [-0.05, 0) is 61.9 Å². The number of terminal acetylenes is 1. The van der Waals surface area contributed by atoms with E-state index in [1.165, 1.54) is 18.2 Å². The minimum atomic E-state index is -1.27. The van der Waals surface area contributed by atoms with Crippen LogP contribution in [0.25, 0.3) is 16.3 Å². The molecule has 8 rings (SSSR count). The smallest absolute Gasteiger partial charge is 0.314 e. The Bertz CT molecular complexity index is 1890. The van der Waals surface area contributed by atoms with Crippen LogP contribution in [0, 0.1) is 24.1 Å². The van der Waals surface area contributed by atoms with E-state index in [1.54, 1.807) is 6.92 Å². The van der Waals surface area contributed by atoms with Crippen molar-refractivity contribution in [1.82, 2.24) is 9.80 Å². The third kappa shape index (κ3) is 4.71. The molecule has 5 heterocycles. The van der Waals surface area contributed by atoms with Crippen LogP contribution in [-0.2, 0) is 9.47 Å². The number of fused-ring (bicyclic) bond motifs is 4. The Hall–Kier alpha value is -4.14. The van der Waals surface area contributed by atoms with Crippen molar-refractivity contribution in [1.29, 1.82) is 0 Å². The molecule has 6 aliphatic rings. The predicted octanol–water partition coefficient (Wildman–Crippen LogP) is 5.98. The van der Waals surface area contributed by atoms with Crippen LogP contribution in [0.3, 0.4) is 0 Å². The second kappa shape index (κ2) is 11.2. The molecule has 47 heavy (non-hydrogen) atoms. The fraction of sp³-hybridized carbons (Fsp3) is 0.444. The van der Waals surface area contributed by atoms with Crippen molar-refractivity contribution in [2.75, 3.05) is 39.5 Å². The van der Waals surface area contributed by atoms with Gasteiger partial charge < -0.3 is 19.5 Å². The van der Waals surface area contributed by atoms with Gasteiger partial charge in [-0.1, -0.05) is 18.1 Å². The molecule has 3 saturated heterocycles. The number of benzene rings is 2. The summed E-state index contributed by atoms with van der Waals surface area (Å²) >= 11 is 0. The lowest BCUT2D eigenvalue weighted by Crippen LogP contribution is -2.49. The van der Waals surface area contributed by atoms with E-state index >= 15 is 13.2 Å². The van der Waals surface area contributed by atoms with E-state index in [1.807, 2.05) is 11.0 Å². The molecule has 0 bridgehead atoms. The SMILES string of the molecule is C#Cc1c(F)ccc2cc(O)cc(C3=C(F)C4N=C(OC[C@@]56CCCN5C[C@H](F)C6)N=C5C4C(=C3F)C(C)=C[C@H]3COCCCN53)c12. The number of rotatable bonds is 3. The molecule has 1 N–H and O–H groups in total. The number of phenols is 1. The molecular formula is C36H34F4N4O3. The third-order valence-electron chi connectivity index (χ3n) is 10.6. The quantitative estimate of drug-likeness (QED) is 0.329.